The monoisotopic (exact) mass is 379 g/mol. The Bertz CT molecular complexity index is 1080. The van der Waals surface area contributed by atoms with Crippen molar-refractivity contribution in [1.29, 1.82) is 0 Å². The van der Waals surface area contributed by atoms with E-state index in [0.29, 0.717) is 42.3 Å². The van der Waals surface area contributed by atoms with Crippen LogP contribution in [0.5, 0.6) is 5.88 Å². The summed E-state index contributed by atoms with van der Waals surface area (Å²) in [6.07, 6.45) is 3.77. The highest BCUT2D eigenvalue weighted by atomic mass is 16.5. The molecule has 3 heterocycles. The molecule has 1 amide bonds. The summed E-state index contributed by atoms with van der Waals surface area (Å²) >= 11 is 0. The van der Waals surface area contributed by atoms with Crippen LogP contribution in [0.25, 0.3) is 10.9 Å². The summed E-state index contributed by atoms with van der Waals surface area (Å²) < 4.78 is 5.93. The SMILES string of the molecule is CN(C)c1cncc(OC2CCN(C(=O)c3cc(=O)[nH]c4ccccc34)C2)n1. The van der Waals surface area contributed by atoms with Gasteiger partial charge in [-0.3, -0.25) is 14.6 Å². The first-order valence-corrected chi connectivity index (χ1v) is 9.08. The fraction of sp³-hybridized carbons (Fsp3) is 0.300. The van der Waals surface area contributed by atoms with Crippen molar-refractivity contribution in [3.05, 3.63) is 58.6 Å². The van der Waals surface area contributed by atoms with Gasteiger partial charge in [-0.15, -0.1) is 0 Å². The van der Waals surface area contributed by atoms with Gasteiger partial charge in [0, 0.05) is 44.0 Å². The lowest BCUT2D eigenvalue weighted by atomic mass is 10.1. The van der Waals surface area contributed by atoms with Gasteiger partial charge in [-0.1, -0.05) is 18.2 Å². The van der Waals surface area contributed by atoms with Crippen LogP contribution >= 0.6 is 0 Å². The van der Waals surface area contributed by atoms with Crippen molar-refractivity contribution in [2.75, 3.05) is 32.1 Å². The molecule has 1 aromatic carbocycles. The Morgan fingerprint density at radius 1 is 1.29 bits per heavy atom. The number of carbonyl (C=O) groups excluding carboxylic acids is 1. The molecule has 0 aliphatic carbocycles. The summed E-state index contributed by atoms with van der Waals surface area (Å²) in [4.78, 5) is 39.9. The zero-order valence-corrected chi connectivity index (χ0v) is 15.8. The van der Waals surface area contributed by atoms with E-state index < -0.39 is 0 Å². The number of aromatic amines is 1. The second kappa shape index (κ2) is 7.30. The first-order chi connectivity index (χ1) is 13.5. The highest BCUT2D eigenvalue weighted by Gasteiger charge is 2.29. The molecular weight excluding hydrogens is 358 g/mol. The van der Waals surface area contributed by atoms with Crippen LogP contribution in [0.15, 0.2) is 47.5 Å². The molecule has 0 radical (unpaired) electrons. The van der Waals surface area contributed by atoms with E-state index in [2.05, 4.69) is 15.0 Å². The number of pyridine rings is 1. The van der Waals surface area contributed by atoms with Crippen LogP contribution in [0.4, 0.5) is 5.82 Å². The molecule has 8 heteroatoms. The lowest BCUT2D eigenvalue weighted by Gasteiger charge is -2.18. The first kappa shape index (κ1) is 18.0. The van der Waals surface area contributed by atoms with Gasteiger partial charge >= 0.3 is 0 Å². The average Bonchev–Trinajstić information content (AvgIpc) is 3.15. The maximum absolute atomic E-state index is 13.0. The summed E-state index contributed by atoms with van der Waals surface area (Å²) in [5.41, 5.74) is 0.778. The number of fused-ring (bicyclic) bond motifs is 1. The van der Waals surface area contributed by atoms with Gasteiger partial charge in [0.2, 0.25) is 11.4 Å². The Morgan fingerprint density at radius 2 is 2.11 bits per heavy atom. The van der Waals surface area contributed by atoms with E-state index >= 15 is 0 Å². The van der Waals surface area contributed by atoms with E-state index in [0.717, 1.165) is 5.39 Å². The molecule has 8 nitrogen and oxygen atoms in total. The smallest absolute Gasteiger partial charge is 0.254 e. The third-order valence-electron chi connectivity index (χ3n) is 4.76. The molecule has 0 saturated carbocycles. The van der Waals surface area contributed by atoms with Gasteiger partial charge in [-0.2, -0.15) is 4.98 Å². The molecule has 1 aliphatic heterocycles. The fourth-order valence-corrected chi connectivity index (χ4v) is 3.34. The zero-order chi connectivity index (χ0) is 19.7. The predicted molar refractivity (Wildman–Crippen MR) is 106 cm³/mol. The van der Waals surface area contributed by atoms with Crippen molar-refractivity contribution in [1.82, 2.24) is 19.9 Å². The van der Waals surface area contributed by atoms with Gasteiger partial charge in [0.1, 0.15) is 6.10 Å². The molecule has 144 valence electrons. The molecule has 1 atom stereocenters. The van der Waals surface area contributed by atoms with Crippen molar-refractivity contribution in [2.24, 2.45) is 0 Å². The van der Waals surface area contributed by atoms with Crippen LogP contribution in [-0.4, -0.2) is 59.0 Å². The molecule has 4 rings (SSSR count). The Labute approximate surface area is 161 Å². The topological polar surface area (TPSA) is 91.4 Å². The highest BCUT2D eigenvalue weighted by Crippen LogP contribution is 2.22. The first-order valence-electron chi connectivity index (χ1n) is 9.08. The van der Waals surface area contributed by atoms with Crippen molar-refractivity contribution < 1.29 is 9.53 Å². The van der Waals surface area contributed by atoms with Gasteiger partial charge in [-0.05, 0) is 6.07 Å². The van der Waals surface area contributed by atoms with E-state index in [1.54, 1.807) is 23.4 Å². The minimum atomic E-state index is -0.287. The molecule has 28 heavy (non-hydrogen) atoms. The Hall–Kier alpha value is -3.42. The normalized spacial score (nSPS) is 16.4. The summed E-state index contributed by atoms with van der Waals surface area (Å²) in [5, 5.41) is 0.737. The van der Waals surface area contributed by atoms with Gasteiger partial charge in [0.15, 0.2) is 5.82 Å². The number of hydrogen-bond donors (Lipinski definition) is 1. The number of ether oxygens (including phenoxy) is 1. The zero-order valence-electron chi connectivity index (χ0n) is 15.8. The predicted octanol–water partition coefficient (Wildman–Crippen LogP) is 1.68. The van der Waals surface area contributed by atoms with E-state index in [9.17, 15) is 9.59 Å². The van der Waals surface area contributed by atoms with Crippen LogP contribution in [0.1, 0.15) is 16.8 Å². The molecular formula is C20H21N5O3. The summed E-state index contributed by atoms with van der Waals surface area (Å²) in [6.45, 7) is 0.999. The van der Waals surface area contributed by atoms with Crippen molar-refractivity contribution in [3.8, 4) is 5.88 Å². The molecule has 2 aromatic heterocycles. The number of amides is 1. The number of hydrogen-bond acceptors (Lipinski definition) is 6. The number of para-hydroxylation sites is 1. The number of anilines is 1. The highest BCUT2D eigenvalue weighted by molar-refractivity contribution is 6.06. The number of carbonyl (C=O) groups is 1. The lowest BCUT2D eigenvalue weighted by molar-refractivity contribution is 0.0773. The van der Waals surface area contributed by atoms with Crippen LogP contribution in [0.3, 0.4) is 0 Å². The summed E-state index contributed by atoms with van der Waals surface area (Å²) in [7, 11) is 3.77. The Kier molecular flexibility index (Phi) is 4.68. The molecule has 0 spiro atoms. The number of H-pyrrole nitrogens is 1. The third kappa shape index (κ3) is 3.53. The molecule has 1 N–H and O–H groups in total. The molecule has 1 saturated heterocycles. The van der Waals surface area contributed by atoms with Gasteiger partial charge in [0.05, 0.1) is 24.5 Å². The van der Waals surface area contributed by atoms with E-state index in [1.165, 1.54) is 6.07 Å². The number of rotatable bonds is 4. The largest absolute Gasteiger partial charge is 0.471 e. The van der Waals surface area contributed by atoms with Crippen molar-refractivity contribution in [3.63, 3.8) is 0 Å². The molecule has 1 fully saturated rings. The number of aromatic nitrogens is 3. The number of nitrogens with zero attached hydrogens (tertiary/aromatic N) is 4. The van der Waals surface area contributed by atoms with Gasteiger partial charge < -0.3 is 19.5 Å². The molecule has 0 bridgehead atoms. The minimum Gasteiger partial charge on any atom is -0.471 e. The van der Waals surface area contributed by atoms with Crippen LogP contribution in [-0.2, 0) is 0 Å². The van der Waals surface area contributed by atoms with Crippen LogP contribution in [0, 0.1) is 0 Å². The van der Waals surface area contributed by atoms with Crippen molar-refractivity contribution >= 4 is 22.6 Å². The van der Waals surface area contributed by atoms with E-state index in [-0.39, 0.29) is 17.6 Å². The summed E-state index contributed by atoms with van der Waals surface area (Å²) in [5.74, 6) is 0.979. The Balaban J connectivity index is 1.51. The second-order valence-corrected chi connectivity index (χ2v) is 6.98. The second-order valence-electron chi connectivity index (χ2n) is 6.98. The molecule has 1 unspecified atom stereocenters. The standard InChI is InChI=1S/C20H21N5O3/c1-24(2)17-10-21-11-19(23-17)28-13-7-8-25(12-13)20(27)15-9-18(26)22-16-6-4-3-5-14(15)16/h3-6,9-11,13H,7-8,12H2,1-2H3,(H,22,26). The maximum atomic E-state index is 13.0. The van der Waals surface area contributed by atoms with Gasteiger partial charge in [0.25, 0.3) is 5.91 Å². The van der Waals surface area contributed by atoms with Gasteiger partial charge in [-0.25, -0.2) is 0 Å². The molecule has 3 aromatic rings. The summed E-state index contributed by atoms with van der Waals surface area (Å²) in [6, 6.07) is 8.68. The number of likely N-dealkylation sites (tertiary alicyclic amines) is 1. The van der Waals surface area contributed by atoms with Crippen LogP contribution < -0.4 is 15.2 Å². The number of nitrogens with one attached hydrogen (secondary N) is 1. The minimum absolute atomic E-state index is 0.163. The lowest BCUT2D eigenvalue weighted by Crippen LogP contribution is -2.32. The van der Waals surface area contributed by atoms with E-state index in [4.69, 9.17) is 4.74 Å². The third-order valence-corrected chi connectivity index (χ3v) is 4.76. The van der Waals surface area contributed by atoms with E-state index in [1.807, 2.05) is 37.2 Å². The van der Waals surface area contributed by atoms with Crippen molar-refractivity contribution in [2.45, 2.75) is 12.5 Å². The fourth-order valence-electron chi connectivity index (χ4n) is 3.34. The average molecular weight is 379 g/mol. The number of benzene rings is 1. The molecule has 1 aliphatic rings. The Morgan fingerprint density at radius 3 is 2.93 bits per heavy atom. The quantitative estimate of drug-likeness (QED) is 0.742. The maximum Gasteiger partial charge on any atom is 0.254 e. The van der Waals surface area contributed by atoms with Crippen LogP contribution in [0.2, 0.25) is 0 Å².